The first-order valence-corrected chi connectivity index (χ1v) is 6.04. The van der Waals surface area contributed by atoms with Crippen LogP contribution >= 0.6 is 0 Å². The van der Waals surface area contributed by atoms with Gasteiger partial charge in [0.15, 0.2) is 0 Å². The molecule has 1 aromatic carbocycles. The zero-order chi connectivity index (χ0) is 14.7. The molecule has 2 aromatic rings. The van der Waals surface area contributed by atoms with E-state index in [1.807, 2.05) is 0 Å². The molecule has 2 N–H and O–H groups in total. The number of carbonyl (C=O) groups excluding carboxylic acids is 1. The standard InChI is InChI=1S/C13H14N4O3/c1-8-4-3-5-11(17(19)20)12(8)13(18)16-9(2)10-6-14-15-7-10/h3-7,9H,1-2H3,(H,14,15)(H,16,18). The van der Waals surface area contributed by atoms with Crippen LogP contribution in [0.1, 0.15) is 34.5 Å². The largest absolute Gasteiger partial charge is 0.345 e. The summed E-state index contributed by atoms with van der Waals surface area (Å²) in [5, 5.41) is 20.2. The monoisotopic (exact) mass is 274 g/mol. The predicted molar refractivity (Wildman–Crippen MR) is 72.3 cm³/mol. The fourth-order valence-electron chi connectivity index (χ4n) is 1.95. The number of hydrogen-bond donors (Lipinski definition) is 2. The lowest BCUT2D eigenvalue weighted by molar-refractivity contribution is -0.385. The molecule has 0 radical (unpaired) electrons. The van der Waals surface area contributed by atoms with E-state index in [4.69, 9.17) is 0 Å². The molecular weight excluding hydrogens is 260 g/mol. The topological polar surface area (TPSA) is 101 Å². The maximum absolute atomic E-state index is 12.3. The number of H-pyrrole nitrogens is 1. The second-order valence-electron chi connectivity index (χ2n) is 4.45. The minimum Gasteiger partial charge on any atom is -0.345 e. The predicted octanol–water partition coefficient (Wildman–Crippen LogP) is 2.12. The van der Waals surface area contributed by atoms with Crippen LogP contribution in [0.25, 0.3) is 0 Å². The lowest BCUT2D eigenvalue weighted by Gasteiger charge is -2.13. The smallest absolute Gasteiger partial charge is 0.282 e. The van der Waals surface area contributed by atoms with Crippen molar-refractivity contribution in [3.05, 3.63) is 57.4 Å². The van der Waals surface area contributed by atoms with Gasteiger partial charge < -0.3 is 5.32 Å². The molecule has 1 atom stereocenters. The third kappa shape index (κ3) is 2.66. The van der Waals surface area contributed by atoms with Gasteiger partial charge in [0.05, 0.1) is 17.2 Å². The zero-order valence-corrected chi connectivity index (χ0v) is 11.1. The number of nitro groups is 1. The lowest BCUT2D eigenvalue weighted by Crippen LogP contribution is -2.27. The average molecular weight is 274 g/mol. The molecule has 1 aromatic heterocycles. The molecule has 0 saturated carbocycles. The summed E-state index contributed by atoms with van der Waals surface area (Å²) in [4.78, 5) is 22.7. The Labute approximate surface area is 115 Å². The highest BCUT2D eigenvalue weighted by molar-refractivity contribution is 5.99. The SMILES string of the molecule is Cc1cccc([N+](=O)[O-])c1C(=O)NC(C)c1cn[nH]c1. The van der Waals surface area contributed by atoms with Crippen molar-refractivity contribution in [3.63, 3.8) is 0 Å². The maximum Gasteiger partial charge on any atom is 0.282 e. The number of rotatable bonds is 4. The first-order chi connectivity index (χ1) is 9.50. The molecule has 2 rings (SSSR count). The van der Waals surface area contributed by atoms with E-state index in [2.05, 4.69) is 15.5 Å². The van der Waals surface area contributed by atoms with E-state index in [0.717, 1.165) is 5.56 Å². The van der Waals surface area contributed by atoms with Gasteiger partial charge in [0.1, 0.15) is 5.56 Å². The third-order valence-corrected chi connectivity index (χ3v) is 3.04. The molecule has 0 aliphatic carbocycles. The quantitative estimate of drug-likeness (QED) is 0.658. The van der Waals surface area contributed by atoms with Crippen molar-refractivity contribution in [2.24, 2.45) is 0 Å². The number of nitrogens with zero attached hydrogens (tertiary/aromatic N) is 2. The van der Waals surface area contributed by atoms with Crippen LogP contribution in [0, 0.1) is 17.0 Å². The molecule has 7 heteroatoms. The first-order valence-electron chi connectivity index (χ1n) is 6.04. The Balaban J connectivity index is 2.28. The molecule has 0 aliphatic rings. The highest BCUT2D eigenvalue weighted by Gasteiger charge is 2.23. The average Bonchev–Trinajstić information content (AvgIpc) is 2.91. The van der Waals surface area contributed by atoms with E-state index in [0.29, 0.717) is 5.56 Å². The van der Waals surface area contributed by atoms with Gasteiger partial charge in [-0.05, 0) is 19.4 Å². The highest BCUT2D eigenvalue weighted by atomic mass is 16.6. The van der Waals surface area contributed by atoms with Crippen LogP contribution in [-0.2, 0) is 0 Å². The van der Waals surface area contributed by atoms with Gasteiger partial charge in [-0.25, -0.2) is 0 Å². The van der Waals surface area contributed by atoms with Gasteiger partial charge in [-0.2, -0.15) is 5.10 Å². The molecule has 104 valence electrons. The van der Waals surface area contributed by atoms with Crippen molar-refractivity contribution in [2.75, 3.05) is 0 Å². The fourth-order valence-corrected chi connectivity index (χ4v) is 1.95. The minimum atomic E-state index is -0.551. The van der Waals surface area contributed by atoms with Crippen molar-refractivity contribution in [1.82, 2.24) is 15.5 Å². The second-order valence-corrected chi connectivity index (χ2v) is 4.45. The van der Waals surface area contributed by atoms with E-state index < -0.39 is 10.8 Å². The molecule has 20 heavy (non-hydrogen) atoms. The third-order valence-electron chi connectivity index (χ3n) is 3.04. The summed E-state index contributed by atoms with van der Waals surface area (Å²) in [5.74, 6) is -0.469. The summed E-state index contributed by atoms with van der Waals surface area (Å²) in [6.07, 6.45) is 3.26. The summed E-state index contributed by atoms with van der Waals surface area (Å²) in [7, 11) is 0. The summed E-state index contributed by atoms with van der Waals surface area (Å²) in [6, 6.07) is 4.26. The van der Waals surface area contributed by atoms with E-state index in [9.17, 15) is 14.9 Å². The number of aromatic nitrogens is 2. The number of benzene rings is 1. The number of nitro benzene ring substituents is 1. The highest BCUT2D eigenvalue weighted by Crippen LogP contribution is 2.22. The number of nitrogens with one attached hydrogen (secondary N) is 2. The van der Waals surface area contributed by atoms with E-state index in [1.54, 1.807) is 38.4 Å². The Kier molecular flexibility index (Phi) is 3.79. The van der Waals surface area contributed by atoms with Crippen molar-refractivity contribution < 1.29 is 9.72 Å². The lowest BCUT2D eigenvalue weighted by atomic mass is 10.0. The van der Waals surface area contributed by atoms with Crippen LogP contribution in [0.2, 0.25) is 0 Å². The molecule has 7 nitrogen and oxygen atoms in total. The normalized spacial score (nSPS) is 11.9. The van der Waals surface area contributed by atoms with Crippen LogP contribution < -0.4 is 5.32 Å². The Morgan fingerprint density at radius 1 is 1.50 bits per heavy atom. The molecule has 1 heterocycles. The Bertz CT molecular complexity index is 637. The molecule has 1 unspecified atom stereocenters. The van der Waals surface area contributed by atoms with Crippen LogP contribution in [-0.4, -0.2) is 21.0 Å². The Morgan fingerprint density at radius 3 is 2.85 bits per heavy atom. The fraction of sp³-hybridized carbons (Fsp3) is 0.231. The van der Waals surface area contributed by atoms with Crippen molar-refractivity contribution in [3.8, 4) is 0 Å². The van der Waals surface area contributed by atoms with E-state index in [-0.39, 0.29) is 17.3 Å². The molecule has 0 bridgehead atoms. The molecule has 0 aliphatic heterocycles. The van der Waals surface area contributed by atoms with Gasteiger partial charge >= 0.3 is 0 Å². The number of hydrogen-bond acceptors (Lipinski definition) is 4. The zero-order valence-electron chi connectivity index (χ0n) is 11.1. The summed E-state index contributed by atoms with van der Waals surface area (Å²) >= 11 is 0. The van der Waals surface area contributed by atoms with Crippen LogP contribution in [0.5, 0.6) is 0 Å². The number of aromatic amines is 1. The molecule has 0 spiro atoms. The van der Waals surface area contributed by atoms with E-state index in [1.165, 1.54) is 6.07 Å². The van der Waals surface area contributed by atoms with Crippen molar-refractivity contribution in [2.45, 2.75) is 19.9 Å². The minimum absolute atomic E-state index is 0.0906. The Hall–Kier alpha value is -2.70. The molecule has 0 fully saturated rings. The molecule has 1 amide bonds. The van der Waals surface area contributed by atoms with Gasteiger partial charge in [0, 0.05) is 17.8 Å². The Morgan fingerprint density at radius 2 is 2.25 bits per heavy atom. The van der Waals surface area contributed by atoms with Crippen LogP contribution in [0.15, 0.2) is 30.6 Å². The van der Waals surface area contributed by atoms with Gasteiger partial charge in [-0.1, -0.05) is 12.1 Å². The van der Waals surface area contributed by atoms with Gasteiger partial charge in [-0.3, -0.25) is 20.0 Å². The second kappa shape index (κ2) is 5.52. The van der Waals surface area contributed by atoms with Crippen LogP contribution in [0.3, 0.4) is 0 Å². The summed E-state index contributed by atoms with van der Waals surface area (Å²) in [6.45, 7) is 3.46. The number of carbonyl (C=O) groups is 1. The van der Waals surface area contributed by atoms with Crippen LogP contribution in [0.4, 0.5) is 5.69 Å². The van der Waals surface area contributed by atoms with Gasteiger partial charge in [-0.15, -0.1) is 0 Å². The van der Waals surface area contributed by atoms with Gasteiger partial charge in [0.2, 0.25) is 0 Å². The first kappa shape index (κ1) is 13.7. The number of aryl methyl sites for hydroxylation is 1. The maximum atomic E-state index is 12.3. The van der Waals surface area contributed by atoms with Gasteiger partial charge in [0.25, 0.3) is 11.6 Å². The van der Waals surface area contributed by atoms with Crippen molar-refractivity contribution >= 4 is 11.6 Å². The summed E-state index contributed by atoms with van der Waals surface area (Å²) < 4.78 is 0. The number of amides is 1. The summed E-state index contributed by atoms with van der Waals surface area (Å²) in [5.41, 5.74) is 1.26. The molecule has 0 saturated heterocycles. The van der Waals surface area contributed by atoms with E-state index >= 15 is 0 Å². The van der Waals surface area contributed by atoms with Crippen molar-refractivity contribution in [1.29, 1.82) is 0 Å². The molecular formula is C13H14N4O3.